The molecule has 1 fully saturated rings. The molecule has 4 rings (SSSR count). The third-order valence-electron chi connectivity index (χ3n) is 5.02. The number of hydrazine groups is 1. The number of ether oxygens (including phenoxy) is 1. The van der Waals surface area contributed by atoms with Crippen LogP contribution in [-0.4, -0.2) is 58.7 Å². The Morgan fingerprint density at radius 2 is 1.78 bits per heavy atom. The lowest BCUT2D eigenvalue weighted by Gasteiger charge is -2.25. The monoisotopic (exact) mass is 454 g/mol. The van der Waals surface area contributed by atoms with Crippen LogP contribution in [0.15, 0.2) is 35.7 Å². The summed E-state index contributed by atoms with van der Waals surface area (Å²) in [5.74, 6) is -2.34. The van der Waals surface area contributed by atoms with E-state index >= 15 is 0 Å². The number of aromatic nitrogens is 3. The number of para-hydroxylation sites is 1. The minimum Gasteiger partial charge on any atom is -0.378 e. The van der Waals surface area contributed by atoms with Crippen LogP contribution in [0.5, 0.6) is 0 Å². The summed E-state index contributed by atoms with van der Waals surface area (Å²) in [4.78, 5) is 43.9. The van der Waals surface area contributed by atoms with Crippen molar-refractivity contribution < 1.29 is 19.1 Å². The van der Waals surface area contributed by atoms with Gasteiger partial charge in [-0.15, -0.1) is 11.3 Å². The molecule has 11 heteroatoms. The number of aryl methyl sites for hydroxylation is 1. The zero-order valence-electron chi connectivity index (χ0n) is 17.6. The number of thiazole rings is 1. The number of nitrogens with one attached hydrogen (secondary N) is 2. The molecule has 1 saturated heterocycles. The Morgan fingerprint density at radius 3 is 2.50 bits per heavy atom. The summed E-state index contributed by atoms with van der Waals surface area (Å²) in [5, 5.41) is 6.69. The van der Waals surface area contributed by atoms with Crippen LogP contribution in [0.3, 0.4) is 0 Å². The normalized spacial score (nSPS) is 13.6. The summed E-state index contributed by atoms with van der Waals surface area (Å²) in [6.07, 6.45) is 0. The highest BCUT2D eigenvalue weighted by molar-refractivity contribution is 7.13. The third-order valence-corrected chi connectivity index (χ3v) is 5.92. The van der Waals surface area contributed by atoms with Gasteiger partial charge in [0.05, 0.1) is 35.9 Å². The molecular formula is C21H22N6O4S. The van der Waals surface area contributed by atoms with Gasteiger partial charge in [0.2, 0.25) is 0 Å². The lowest BCUT2D eigenvalue weighted by atomic mass is 10.1. The van der Waals surface area contributed by atoms with Gasteiger partial charge in [-0.1, -0.05) is 18.2 Å². The molecule has 0 radical (unpaired) electrons. The average molecular weight is 455 g/mol. The minimum atomic E-state index is -0.958. The molecule has 3 heterocycles. The highest BCUT2D eigenvalue weighted by Gasteiger charge is 2.26. The quantitative estimate of drug-likeness (QED) is 0.340. The maximum atomic E-state index is 12.7. The molecule has 0 bridgehead atoms. The number of hydrogen-bond acceptors (Lipinski definition) is 8. The van der Waals surface area contributed by atoms with Crippen molar-refractivity contribution >= 4 is 34.1 Å². The molecule has 0 unspecified atom stereocenters. The van der Waals surface area contributed by atoms with Crippen LogP contribution in [-0.2, 0) is 9.53 Å². The Hall–Kier alpha value is -3.57. The van der Waals surface area contributed by atoms with E-state index in [-0.39, 0.29) is 11.3 Å². The standard InChI is InChI=1S/C21H22N6O4S/c1-13-17(14(2)27(25-13)15-6-4-3-5-7-15)18(28)20(30)24-23-19(29)16-12-32-21(22-16)26-8-10-31-11-9-26/h3-7,12H,8-11H2,1-2H3,(H,23,29)(H,24,30). The molecule has 0 spiro atoms. The second kappa shape index (κ2) is 9.28. The van der Waals surface area contributed by atoms with Crippen LogP contribution in [0.1, 0.15) is 32.2 Å². The fourth-order valence-corrected chi connectivity index (χ4v) is 4.27. The van der Waals surface area contributed by atoms with E-state index in [0.717, 1.165) is 5.69 Å². The first-order chi connectivity index (χ1) is 15.5. The van der Waals surface area contributed by atoms with Gasteiger partial charge in [0.15, 0.2) is 5.13 Å². The molecule has 32 heavy (non-hydrogen) atoms. The number of anilines is 1. The summed E-state index contributed by atoms with van der Waals surface area (Å²) in [7, 11) is 0. The van der Waals surface area contributed by atoms with E-state index in [2.05, 4.69) is 20.9 Å². The summed E-state index contributed by atoms with van der Waals surface area (Å²) in [6, 6.07) is 9.31. The topological polar surface area (TPSA) is 118 Å². The number of ketones is 1. The largest absolute Gasteiger partial charge is 0.378 e. The fraction of sp³-hybridized carbons (Fsp3) is 0.286. The van der Waals surface area contributed by atoms with Crippen molar-refractivity contribution in [2.45, 2.75) is 13.8 Å². The van der Waals surface area contributed by atoms with Gasteiger partial charge in [-0.3, -0.25) is 25.2 Å². The van der Waals surface area contributed by atoms with Crippen LogP contribution in [0.25, 0.3) is 5.69 Å². The van der Waals surface area contributed by atoms with Gasteiger partial charge in [0, 0.05) is 18.5 Å². The van der Waals surface area contributed by atoms with Crippen LogP contribution in [0.4, 0.5) is 5.13 Å². The van der Waals surface area contributed by atoms with Gasteiger partial charge in [0.1, 0.15) is 5.69 Å². The van der Waals surface area contributed by atoms with Crippen molar-refractivity contribution in [3.63, 3.8) is 0 Å². The summed E-state index contributed by atoms with van der Waals surface area (Å²) >= 11 is 1.33. The fourth-order valence-electron chi connectivity index (χ4n) is 3.41. The van der Waals surface area contributed by atoms with Crippen LogP contribution in [0.2, 0.25) is 0 Å². The summed E-state index contributed by atoms with van der Waals surface area (Å²) < 4.78 is 6.92. The van der Waals surface area contributed by atoms with Crippen LogP contribution < -0.4 is 15.8 Å². The number of hydrogen-bond donors (Lipinski definition) is 2. The van der Waals surface area contributed by atoms with E-state index in [0.29, 0.717) is 42.8 Å². The van der Waals surface area contributed by atoms with E-state index in [1.54, 1.807) is 23.9 Å². The first-order valence-electron chi connectivity index (χ1n) is 10.0. The summed E-state index contributed by atoms with van der Waals surface area (Å²) in [5.41, 5.74) is 6.53. The SMILES string of the molecule is Cc1nn(-c2ccccc2)c(C)c1C(=O)C(=O)NNC(=O)c1csc(N2CCOCC2)n1. The van der Waals surface area contributed by atoms with Gasteiger partial charge in [-0.2, -0.15) is 5.10 Å². The molecule has 2 amide bonds. The van der Waals surface area contributed by atoms with Gasteiger partial charge in [-0.05, 0) is 26.0 Å². The molecule has 0 saturated carbocycles. The number of amides is 2. The van der Waals surface area contributed by atoms with Gasteiger partial charge in [-0.25, -0.2) is 9.67 Å². The number of Topliss-reactive ketones (excluding diaryl/α,β-unsaturated/α-hetero) is 1. The smallest absolute Gasteiger partial charge is 0.310 e. The Morgan fingerprint density at radius 1 is 1.06 bits per heavy atom. The average Bonchev–Trinajstić information content (AvgIpc) is 3.43. The van der Waals surface area contributed by atoms with E-state index in [9.17, 15) is 14.4 Å². The molecule has 1 aromatic carbocycles. The number of benzene rings is 1. The van der Waals surface area contributed by atoms with Gasteiger partial charge < -0.3 is 9.64 Å². The van der Waals surface area contributed by atoms with E-state index in [1.165, 1.54) is 11.3 Å². The van der Waals surface area contributed by atoms with Gasteiger partial charge >= 0.3 is 5.91 Å². The molecule has 0 atom stereocenters. The maximum Gasteiger partial charge on any atom is 0.310 e. The second-order valence-corrected chi connectivity index (χ2v) is 7.98. The van der Waals surface area contributed by atoms with E-state index < -0.39 is 17.6 Å². The highest BCUT2D eigenvalue weighted by Crippen LogP contribution is 2.21. The molecule has 0 aliphatic carbocycles. The van der Waals surface area contributed by atoms with Crippen LogP contribution >= 0.6 is 11.3 Å². The zero-order chi connectivity index (χ0) is 22.7. The predicted molar refractivity (Wildman–Crippen MR) is 118 cm³/mol. The van der Waals surface area contributed by atoms with Crippen molar-refractivity contribution in [1.82, 2.24) is 25.6 Å². The molecular weight excluding hydrogens is 432 g/mol. The minimum absolute atomic E-state index is 0.161. The summed E-state index contributed by atoms with van der Waals surface area (Å²) in [6.45, 7) is 6.00. The molecule has 2 N–H and O–H groups in total. The highest BCUT2D eigenvalue weighted by atomic mass is 32.1. The molecule has 1 aliphatic rings. The van der Waals surface area contributed by atoms with Crippen molar-refractivity contribution in [3.8, 4) is 5.69 Å². The number of carbonyl (C=O) groups excluding carboxylic acids is 3. The Kier molecular flexibility index (Phi) is 6.28. The van der Waals surface area contributed by atoms with Crippen molar-refractivity contribution in [2.75, 3.05) is 31.2 Å². The lowest BCUT2D eigenvalue weighted by Crippen LogP contribution is -2.45. The Labute approximate surface area is 188 Å². The third kappa shape index (κ3) is 4.39. The Bertz CT molecular complexity index is 1150. The van der Waals surface area contributed by atoms with Crippen molar-refractivity contribution in [3.05, 3.63) is 58.4 Å². The first-order valence-corrected chi connectivity index (χ1v) is 10.9. The van der Waals surface area contributed by atoms with Crippen molar-refractivity contribution in [2.24, 2.45) is 0 Å². The molecule has 3 aromatic rings. The number of rotatable bonds is 5. The van der Waals surface area contributed by atoms with E-state index in [1.807, 2.05) is 35.2 Å². The molecule has 10 nitrogen and oxygen atoms in total. The lowest BCUT2D eigenvalue weighted by molar-refractivity contribution is -0.117. The predicted octanol–water partition coefficient (Wildman–Crippen LogP) is 1.43. The first kappa shape index (κ1) is 21.7. The molecule has 2 aromatic heterocycles. The maximum absolute atomic E-state index is 12.7. The van der Waals surface area contributed by atoms with Crippen LogP contribution in [0, 0.1) is 13.8 Å². The van der Waals surface area contributed by atoms with E-state index in [4.69, 9.17) is 4.74 Å². The molecule has 166 valence electrons. The van der Waals surface area contributed by atoms with Gasteiger partial charge in [0.25, 0.3) is 11.7 Å². The zero-order valence-corrected chi connectivity index (χ0v) is 18.4. The number of nitrogens with zero attached hydrogens (tertiary/aromatic N) is 4. The Balaban J connectivity index is 1.40. The number of morpholine rings is 1. The second-order valence-electron chi connectivity index (χ2n) is 7.15. The van der Waals surface area contributed by atoms with Crippen molar-refractivity contribution in [1.29, 1.82) is 0 Å². The number of carbonyl (C=O) groups is 3. The molecule has 1 aliphatic heterocycles.